The van der Waals surface area contributed by atoms with Gasteiger partial charge in [0.15, 0.2) is 0 Å². The van der Waals surface area contributed by atoms with E-state index in [0.717, 1.165) is 12.8 Å². The lowest BCUT2D eigenvalue weighted by Crippen LogP contribution is -2.09. The molecule has 2 unspecified atom stereocenters. The summed E-state index contributed by atoms with van der Waals surface area (Å²) in [5.41, 5.74) is 0.211. The Kier molecular flexibility index (Phi) is 2.09. The highest BCUT2D eigenvalue weighted by molar-refractivity contribution is 5.75. The Morgan fingerprint density at radius 3 is 2.15 bits per heavy atom. The second-order valence-electron chi connectivity index (χ2n) is 4.75. The van der Waals surface area contributed by atoms with Crippen molar-refractivity contribution in [2.24, 2.45) is 17.3 Å². The molecule has 0 aromatic rings. The normalized spacial score (nSPS) is 37.0. The number of carboxylic acids is 1. The van der Waals surface area contributed by atoms with Crippen LogP contribution in [0.5, 0.6) is 0 Å². The Morgan fingerprint density at radius 2 is 1.77 bits per heavy atom. The van der Waals surface area contributed by atoms with Crippen molar-refractivity contribution in [1.82, 2.24) is 0 Å². The van der Waals surface area contributed by atoms with Gasteiger partial charge in [-0.05, 0) is 24.2 Å². The van der Waals surface area contributed by atoms with Gasteiger partial charge >= 0.3 is 5.97 Å². The summed E-state index contributed by atoms with van der Waals surface area (Å²) in [5.74, 6) is -0.150. The van der Waals surface area contributed by atoms with Crippen molar-refractivity contribution < 1.29 is 9.90 Å². The smallest absolute Gasteiger partial charge is 0.307 e. The van der Waals surface area contributed by atoms with Gasteiger partial charge in [-0.2, -0.15) is 0 Å². The highest BCUT2D eigenvalue weighted by Crippen LogP contribution is 2.65. The van der Waals surface area contributed by atoms with E-state index in [1.165, 1.54) is 25.7 Å². The number of hydrogen-bond donors (Lipinski definition) is 1. The van der Waals surface area contributed by atoms with Crippen molar-refractivity contribution in [2.75, 3.05) is 0 Å². The van der Waals surface area contributed by atoms with E-state index in [9.17, 15) is 4.79 Å². The van der Waals surface area contributed by atoms with Gasteiger partial charge in [-0.1, -0.05) is 32.6 Å². The molecule has 2 aliphatic carbocycles. The topological polar surface area (TPSA) is 37.3 Å². The molecule has 2 rings (SSSR count). The average molecular weight is 182 g/mol. The molecular weight excluding hydrogens is 164 g/mol. The van der Waals surface area contributed by atoms with E-state index in [2.05, 4.69) is 6.92 Å². The third kappa shape index (κ3) is 1.27. The molecule has 0 aromatic carbocycles. The first-order valence-corrected chi connectivity index (χ1v) is 5.41. The first-order chi connectivity index (χ1) is 6.18. The fourth-order valence-electron chi connectivity index (χ4n) is 3.31. The molecule has 2 heteroatoms. The standard InChI is InChI=1S/C11H18O2/c1-8-9(10(12)13)11(8)6-4-2-3-5-7-11/h8-9H,2-7H2,1H3,(H,12,13). The van der Waals surface area contributed by atoms with Crippen molar-refractivity contribution in [3.05, 3.63) is 0 Å². The lowest BCUT2D eigenvalue weighted by molar-refractivity contribution is -0.139. The largest absolute Gasteiger partial charge is 0.481 e. The van der Waals surface area contributed by atoms with Gasteiger partial charge in [-0.3, -0.25) is 4.79 Å². The predicted molar refractivity (Wildman–Crippen MR) is 50.4 cm³/mol. The Balaban J connectivity index is 2.08. The first-order valence-electron chi connectivity index (χ1n) is 5.41. The van der Waals surface area contributed by atoms with Crippen LogP contribution in [-0.4, -0.2) is 11.1 Å². The minimum atomic E-state index is -0.561. The van der Waals surface area contributed by atoms with Gasteiger partial charge in [0.2, 0.25) is 0 Å². The van der Waals surface area contributed by atoms with Crippen molar-refractivity contribution in [2.45, 2.75) is 45.4 Å². The molecule has 2 aliphatic rings. The maximum absolute atomic E-state index is 11.0. The van der Waals surface area contributed by atoms with E-state index >= 15 is 0 Å². The lowest BCUT2D eigenvalue weighted by atomic mass is 9.92. The third-order valence-electron chi connectivity index (χ3n) is 4.22. The first kappa shape index (κ1) is 9.04. The monoisotopic (exact) mass is 182 g/mol. The van der Waals surface area contributed by atoms with E-state index in [0.29, 0.717) is 5.92 Å². The fourth-order valence-corrected chi connectivity index (χ4v) is 3.31. The molecule has 0 radical (unpaired) electrons. The minimum absolute atomic E-state index is 0.0226. The third-order valence-corrected chi connectivity index (χ3v) is 4.22. The van der Waals surface area contributed by atoms with Crippen LogP contribution in [-0.2, 0) is 4.79 Å². The number of rotatable bonds is 1. The molecule has 2 fully saturated rings. The number of aliphatic carboxylic acids is 1. The van der Waals surface area contributed by atoms with Crippen LogP contribution < -0.4 is 0 Å². The lowest BCUT2D eigenvalue weighted by Gasteiger charge is -2.12. The minimum Gasteiger partial charge on any atom is -0.481 e. The summed E-state index contributed by atoms with van der Waals surface area (Å²) in [6.07, 6.45) is 7.42. The van der Waals surface area contributed by atoms with Crippen molar-refractivity contribution >= 4 is 5.97 Å². The van der Waals surface area contributed by atoms with Crippen LogP contribution in [0.2, 0.25) is 0 Å². The summed E-state index contributed by atoms with van der Waals surface area (Å²) in [7, 11) is 0. The van der Waals surface area contributed by atoms with E-state index < -0.39 is 5.97 Å². The van der Waals surface area contributed by atoms with Crippen LogP contribution in [0.1, 0.15) is 45.4 Å². The quantitative estimate of drug-likeness (QED) is 0.677. The highest BCUT2D eigenvalue weighted by atomic mass is 16.4. The van der Waals surface area contributed by atoms with Crippen LogP contribution in [0.4, 0.5) is 0 Å². The van der Waals surface area contributed by atoms with E-state index in [-0.39, 0.29) is 11.3 Å². The summed E-state index contributed by atoms with van der Waals surface area (Å²) in [5, 5.41) is 9.03. The molecule has 0 amide bonds. The van der Waals surface area contributed by atoms with Gasteiger partial charge in [-0.15, -0.1) is 0 Å². The second kappa shape index (κ2) is 3.00. The van der Waals surface area contributed by atoms with E-state index in [1.807, 2.05) is 0 Å². The molecule has 0 saturated heterocycles. The molecule has 2 saturated carbocycles. The Hall–Kier alpha value is -0.530. The predicted octanol–water partition coefficient (Wildman–Crippen LogP) is 2.68. The number of carboxylic acid groups (broad SMARTS) is 1. The molecule has 1 spiro atoms. The van der Waals surface area contributed by atoms with Gasteiger partial charge in [0.25, 0.3) is 0 Å². The van der Waals surface area contributed by atoms with Crippen LogP contribution >= 0.6 is 0 Å². The summed E-state index contributed by atoms with van der Waals surface area (Å²) < 4.78 is 0. The van der Waals surface area contributed by atoms with E-state index in [4.69, 9.17) is 5.11 Å². The van der Waals surface area contributed by atoms with Crippen LogP contribution in [0, 0.1) is 17.3 Å². The SMILES string of the molecule is CC1C(C(=O)O)C12CCCCCC2. The Bertz CT molecular complexity index is 214. The molecule has 13 heavy (non-hydrogen) atoms. The zero-order chi connectivity index (χ0) is 9.47. The maximum Gasteiger partial charge on any atom is 0.307 e. The molecule has 0 aromatic heterocycles. The van der Waals surface area contributed by atoms with Crippen LogP contribution in [0.15, 0.2) is 0 Å². The van der Waals surface area contributed by atoms with Crippen molar-refractivity contribution in [3.63, 3.8) is 0 Å². The number of carbonyl (C=O) groups is 1. The molecule has 2 atom stereocenters. The van der Waals surface area contributed by atoms with Crippen molar-refractivity contribution in [1.29, 1.82) is 0 Å². The molecule has 2 nitrogen and oxygen atoms in total. The summed E-state index contributed by atoms with van der Waals surface area (Å²) >= 11 is 0. The molecule has 1 N–H and O–H groups in total. The molecule has 74 valence electrons. The van der Waals surface area contributed by atoms with E-state index in [1.54, 1.807) is 0 Å². The fraction of sp³-hybridized carbons (Fsp3) is 0.909. The summed E-state index contributed by atoms with van der Waals surface area (Å²) in [6.45, 7) is 2.12. The second-order valence-corrected chi connectivity index (χ2v) is 4.75. The van der Waals surface area contributed by atoms with Gasteiger partial charge in [0, 0.05) is 0 Å². The Morgan fingerprint density at radius 1 is 1.23 bits per heavy atom. The average Bonchev–Trinajstić information content (AvgIpc) is 2.72. The Labute approximate surface area is 79.3 Å². The number of hydrogen-bond acceptors (Lipinski definition) is 1. The van der Waals surface area contributed by atoms with Gasteiger partial charge in [-0.25, -0.2) is 0 Å². The van der Waals surface area contributed by atoms with Gasteiger partial charge in [0.05, 0.1) is 5.92 Å². The van der Waals surface area contributed by atoms with Crippen LogP contribution in [0.3, 0.4) is 0 Å². The zero-order valence-electron chi connectivity index (χ0n) is 8.25. The molecular formula is C11H18O2. The van der Waals surface area contributed by atoms with Gasteiger partial charge in [0.1, 0.15) is 0 Å². The summed E-state index contributed by atoms with van der Waals surface area (Å²) in [6, 6.07) is 0. The zero-order valence-corrected chi connectivity index (χ0v) is 8.25. The van der Waals surface area contributed by atoms with Gasteiger partial charge < -0.3 is 5.11 Å². The highest BCUT2D eigenvalue weighted by Gasteiger charge is 2.64. The van der Waals surface area contributed by atoms with Crippen molar-refractivity contribution in [3.8, 4) is 0 Å². The summed E-state index contributed by atoms with van der Waals surface area (Å²) in [4.78, 5) is 11.0. The molecule has 0 aliphatic heterocycles. The molecule has 0 bridgehead atoms. The van der Waals surface area contributed by atoms with Crippen LogP contribution in [0.25, 0.3) is 0 Å². The maximum atomic E-state index is 11.0. The molecule has 0 heterocycles.